The minimum atomic E-state index is 0.422. The Morgan fingerprint density at radius 3 is 2.88 bits per heavy atom. The molecule has 0 amide bonds. The number of nitrogens with zero attached hydrogens (tertiary/aromatic N) is 1. The van der Waals surface area contributed by atoms with Crippen LogP contribution in [0, 0.1) is 0 Å². The summed E-state index contributed by atoms with van der Waals surface area (Å²) in [5.41, 5.74) is 1.27. The van der Waals surface area contributed by atoms with Crippen molar-refractivity contribution in [2.45, 2.75) is 25.6 Å². The summed E-state index contributed by atoms with van der Waals surface area (Å²) in [7, 11) is 0. The Bertz CT molecular complexity index is 317. The van der Waals surface area contributed by atoms with Gasteiger partial charge in [0.2, 0.25) is 0 Å². The van der Waals surface area contributed by atoms with Crippen LogP contribution in [0.15, 0.2) is 30.3 Å². The van der Waals surface area contributed by atoms with Gasteiger partial charge in [0.25, 0.3) is 0 Å². The lowest BCUT2D eigenvalue weighted by Gasteiger charge is -2.15. The first-order valence-electron chi connectivity index (χ1n) is 6.32. The fourth-order valence-corrected chi connectivity index (χ4v) is 2.46. The van der Waals surface area contributed by atoms with Crippen LogP contribution in [0.5, 0.6) is 0 Å². The maximum Gasteiger partial charge on any atom is 0.0721 e. The second-order valence-corrected chi connectivity index (χ2v) is 5.34. The predicted octanol–water partition coefficient (Wildman–Crippen LogP) is 3.06. The van der Waals surface area contributed by atoms with Crippen LogP contribution < -0.4 is 0 Å². The molecule has 94 valence electrons. The highest BCUT2D eigenvalue weighted by Gasteiger charge is 2.22. The Hall–Kier alpha value is -0.380. The highest BCUT2D eigenvalue weighted by atomic mass is 79.9. The molecule has 1 heterocycles. The van der Waals surface area contributed by atoms with Crippen LogP contribution in [0.1, 0.15) is 18.4 Å². The summed E-state index contributed by atoms with van der Waals surface area (Å²) >= 11 is 3.48. The average molecular weight is 298 g/mol. The number of hydrogen-bond acceptors (Lipinski definition) is 2. The quantitative estimate of drug-likeness (QED) is 0.748. The molecule has 1 saturated heterocycles. The zero-order valence-corrected chi connectivity index (χ0v) is 11.7. The maximum absolute atomic E-state index is 5.95. The summed E-state index contributed by atoms with van der Waals surface area (Å²) in [4.78, 5) is 2.50. The zero-order valence-electron chi connectivity index (χ0n) is 10.1. The molecular weight excluding hydrogens is 278 g/mol. The van der Waals surface area contributed by atoms with Gasteiger partial charge in [-0.2, -0.15) is 0 Å². The van der Waals surface area contributed by atoms with Crippen molar-refractivity contribution < 1.29 is 4.74 Å². The summed E-state index contributed by atoms with van der Waals surface area (Å²) in [5, 5.41) is 1.10. The summed E-state index contributed by atoms with van der Waals surface area (Å²) in [6.45, 7) is 4.22. The molecule has 3 heteroatoms. The number of benzene rings is 1. The van der Waals surface area contributed by atoms with Crippen LogP contribution in [-0.4, -0.2) is 36.0 Å². The third-order valence-electron chi connectivity index (χ3n) is 3.17. The molecule has 1 aromatic carbocycles. The standard InChI is InChI=1S/C14H20BrNO/c15-8-4-9-16-10-7-14(11-16)17-12-13-5-2-1-3-6-13/h1-3,5-6,14H,4,7-12H2. The minimum absolute atomic E-state index is 0.422. The lowest BCUT2D eigenvalue weighted by Crippen LogP contribution is -2.24. The van der Waals surface area contributed by atoms with Crippen molar-refractivity contribution in [1.82, 2.24) is 4.90 Å². The van der Waals surface area contributed by atoms with Crippen LogP contribution in [0.2, 0.25) is 0 Å². The molecule has 0 spiro atoms. The van der Waals surface area contributed by atoms with E-state index < -0.39 is 0 Å². The van der Waals surface area contributed by atoms with E-state index in [-0.39, 0.29) is 0 Å². The summed E-state index contributed by atoms with van der Waals surface area (Å²) in [5.74, 6) is 0. The van der Waals surface area contributed by atoms with Crippen LogP contribution in [0.25, 0.3) is 0 Å². The number of hydrogen-bond donors (Lipinski definition) is 0. The van der Waals surface area contributed by atoms with Crippen molar-refractivity contribution in [3.05, 3.63) is 35.9 Å². The van der Waals surface area contributed by atoms with Gasteiger partial charge < -0.3 is 9.64 Å². The molecule has 1 aliphatic heterocycles. The van der Waals surface area contributed by atoms with Gasteiger partial charge >= 0.3 is 0 Å². The molecule has 0 saturated carbocycles. The molecular formula is C14H20BrNO. The Labute approximate surface area is 112 Å². The van der Waals surface area contributed by atoms with E-state index in [9.17, 15) is 0 Å². The van der Waals surface area contributed by atoms with Crippen LogP contribution in [-0.2, 0) is 11.3 Å². The van der Waals surface area contributed by atoms with E-state index >= 15 is 0 Å². The third kappa shape index (κ3) is 4.41. The first kappa shape index (κ1) is 13.1. The van der Waals surface area contributed by atoms with E-state index in [1.165, 1.54) is 31.5 Å². The Morgan fingerprint density at radius 2 is 2.12 bits per heavy atom. The topological polar surface area (TPSA) is 12.5 Å². The first-order chi connectivity index (χ1) is 8.38. The molecule has 0 aliphatic carbocycles. The second-order valence-electron chi connectivity index (χ2n) is 4.55. The van der Waals surface area contributed by atoms with Gasteiger partial charge in [0.05, 0.1) is 12.7 Å². The monoisotopic (exact) mass is 297 g/mol. The zero-order chi connectivity index (χ0) is 11.9. The fourth-order valence-electron chi connectivity index (χ4n) is 2.21. The Morgan fingerprint density at radius 1 is 1.29 bits per heavy atom. The van der Waals surface area contributed by atoms with Crippen LogP contribution >= 0.6 is 15.9 Å². The van der Waals surface area contributed by atoms with Crippen molar-refractivity contribution in [3.63, 3.8) is 0 Å². The van der Waals surface area contributed by atoms with Crippen molar-refractivity contribution >= 4 is 15.9 Å². The van der Waals surface area contributed by atoms with Crippen molar-refractivity contribution in [2.24, 2.45) is 0 Å². The van der Waals surface area contributed by atoms with E-state index in [4.69, 9.17) is 4.74 Å². The second kappa shape index (κ2) is 7.14. The molecule has 1 aliphatic rings. The van der Waals surface area contributed by atoms with Gasteiger partial charge in [0.1, 0.15) is 0 Å². The molecule has 1 atom stereocenters. The predicted molar refractivity (Wildman–Crippen MR) is 74.5 cm³/mol. The third-order valence-corrected chi connectivity index (χ3v) is 3.73. The molecule has 1 aromatic rings. The van der Waals surface area contributed by atoms with Crippen LogP contribution in [0.4, 0.5) is 0 Å². The molecule has 0 radical (unpaired) electrons. The lowest BCUT2D eigenvalue weighted by molar-refractivity contribution is 0.0467. The fraction of sp³-hybridized carbons (Fsp3) is 0.571. The molecule has 1 unspecified atom stereocenters. The smallest absolute Gasteiger partial charge is 0.0721 e. The number of alkyl halides is 1. The summed E-state index contributed by atoms with van der Waals surface area (Å²) in [6.07, 6.45) is 2.83. The number of halogens is 1. The largest absolute Gasteiger partial charge is 0.372 e. The van der Waals surface area contributed by atoms with Crippen LogP contribution in [0.3, 0.4) is 0 Å². The highest BCUT2D eigenvalue weighted by molar-refractivity contribution is 9.09. The van der Waals surface area contributed by atoms with Gasteiger partial charge in [-0.3, -0.25) is 0 Å². The summed E-state index contributed by atoms with van der Waals surface area (Å²) < 4.78 is 5.95. The molecule has 0 N–H and O–H groups in total. The van der Waals surface area contributed by atoms with E-state index in [2.05, 4.69) is 45.1 Å². The normalized spacial score (nSPS) is 20.9. The van der Waals surface area contributed by atoms with Gasteiger partial charge in [0.15, 0.2) is 0 Å². The van der Waals surface area contributed by atoms with Gasteiger partial charge in [0, 0.05) is 18.4 Å². The van der Waals surface area contributed by atoms with Gasteiger partial charge in [-0.05, 0) is 24.9 Å². The minimum Gasteiger partial charge on any atom is -0.372 e. The van der Waals surface area contributed by atoms with E-state index in [0.717, 1.165) is 18.5 Å². The molecule has 1 fully saturated rings. The van der Waals surface area contributed by atoms with E-state index in [1.807, 2.05) is 6.07 Å². The summed E-state index contributed by atoms with van der Waals surface area (Å²) in [6, 6.07) is 10.4. The highest BCUT2D eigenvalue weighted by Crippen LogP contribution is 2.15. The first-order valence-corrected chi connectivity index (χ1v) is 7.44. The van der Waals surface area contributed by atoms with Gasteiger partial charge in [-0.25, -0.2) is 0 Å². The van der Waals surface area contributed by atoms with Crippen molar-refractivity contribution in [2.75, 3.05) is 25.0 Å². The molecule has 0 bridgehead atoms. The van der Waals surface area contributed by atoms with Gasteiger partial charge in [-0.1, -0.05) is 46.3 Å². The van der Waals surface area contributed by atoms with E-state index in [0.29, 0.717) is 6.10 Å². The SMILES string of the molecule is BrCCCN1CCC(OCc2ccccc2)C1. The number of rotatable bonds is 6. The van der Waals surface area contributed by atoms with Crippen molar-refractivity contribution in [1.29, 1.82) is 0 Å². The Kier molecular flexibility index (Phi) is 5.49. The average Bonchev–Trinajstić information content (AvgIpc) is 2.83. The molecule has 17 heavy (non-hydrogen) atoms. The number of likely N-dealkylation sites (tertiary alicyclic amines) is 1. The van der Waals surface area contributed by atoms with E-state index in [1.54, 1.807) is 0 Å². The molecule has 2 rings (SSSR count). The molecule has 2 nitrogen and oxygen atoms in total. The lowest BCUT2D eigenvalue weighted by atomic mass is 10.2. The van der Waals surface area contributed by atoms with Crippen molar-refractivity contribution in [3.8, 4) is 0 Å². The molecule has 0 aromatic heterocycles. The number of ether oxygens (including phenoxy) is 1. The Balaban J connectivity index is 1.68. The maximum atomic E-state index is 5.95. The van der Waals surface area contributed by atoms with Gasteiger partial charge in [-0.15, -0.1) is 0 Å².